The lowest BCUT2D eigenvalue weighted by Gasteiger charge is -2.33. The van der Waals surface area contributed by atoms with Crippen molar-refractivity contribution >= 4 is 0 Å². The van der Waals surface area contributed by atoms with Crippen LogP contribution in [0.2, 0.25) is 0 Å². The maximum Gasteiger partial charge on any atom is 0.151 e. The SMILES string of the molecule is C[C@@H](c1cn(-c2c(F)cccc2F)nn1)[C@](O)(Cn1cncn1)c1ccc(F)cc1F. The lowest BCUT2D eigenvalue weighted by atomic mass is 9.80. The minimum atomic E-state index is -1.97. The molecule has 0 spiro atoms. The summed E-state index contributed by atoms with van der Waals surface area (Å²) in [5, 5.41) is 23.2. The lowest BCUT2D eigenvalue weighted by molar-refractivity contribution is -0.0123. The molecule has 4 rings (SSSR count). The molecule has 0 aliphatic heterocycles. The van der Waals surface area contributed by atoms with E-state index in [1.54, 1.807) is 0 Å². The van der Waals surface area contributed by atoms with E-state index in [2.05, 4.69) is 20.4 Å². The molecule has 7 nitrogen and oxygen atoms in total. The fraction of sp³-hybridized carbons (Fsp3) is 0.200. The molecule has 0 aliphatic rings. The molecule has 11 heteroatoms. The highest BCUT2D eigenvalue weighted by molar-refractivity contribution is 5.35. The zero-order valence-corrected chi connectivity index (χ0v) is 16.1. The molecule has 1 N–H and O–H groups in total. The van der Waals surface area contributed by atoms with Crippen LogP contribution in [0.4, 0.5) is 17.6 Å². The zero-order valence-electron chi connectivity index (χ0n) is 16.1. The summed E-state index contributed by atoms with van der Waals surface area (Å²) in [7, 11) is 0. The fourth-order valence-electron chi connectivity index (χ4n) is 3.39. The molecule has 0 saturated heterocycles. The van der Waals surface area contributed by atoms with Crippen molar-refractivity contribution in [3.8, 4) is 5.69 Å². The summed E-state index contributed by atoms with van der Waals surface area (Å²) in [5.41, 5.74) is -2.50. The zero-order chi connectivity index (χ0) is 22.2. The fourth-order valence-corrected chi connectivity index (χ4v) is 3.39. The monoisotopic (exact) mass is 432 g/mol. The van der Waals surface area contributed by atoms with Crippen molar-refractivity contribution in [1.82, 2.24) is 29.8 Å². The average molecular weight is 432 g/mol. The Morgan fingerprint density at radius 3 is 2.45 bits per heavy atom. The van der Waals surface area contributed by atoms with Crippen LogP contribution in [-0.4, -0.2) is 34.9 Å². The number of rotatable bonds is 6. The van der Waals surface area contributed by atoms with Crippen molar-refractivity contribution < 1.29 is 22.7 Å². The van der Waals surface area contributed by atoms with Crippen LogP contribution >= 0.6 is 0 Å². The number of hydrogen-bond donors (Lipinski definition) is 1. The van der Waals surface area contributed by atoms with Crippen molar-refractivity contribution in [2.24, 2.45) is 0 Å². The predicted molar refractivity (Wildman–Crippen MR) is 100.0 cm³/mol. The summed E-state index contributed by atoms with van der Waals surface area (Å²) in [6.07, 6.45) is 3.80. The summed E-state index contributed by atoms with van der Waals surface area (Å²) in [5.74, 6) is -4.43. The molecule has 160 valence electrons. The first-order chi connectivity index (χ1) is 14.8. The number of nitrogens with zero attached hydrogens (tertiary/aromatic N) is 6. The molecular weight excluding hydrogens is 416 g/mol. The summed E-state index contributed by atoms with van der Waals surface area (Å²) in [6, 6.07) is 6.14. The maximum absolute atomic E-state index is 14.6. The molecule has 2 aromatic heterocycles. The Morgan fingerprint density at radius 2 is 1.81 bits per heavy atom. The lowest BCUT2D eigenvalue weighted by Crippen LogP contribution is -2.38. The van der Waals surface area contributed by atoms with Gasteiger partial charge in [-0.25, -0.2) is 31.9 Å². The summed E-state index contributed by atoms with van der Waals surface area (Å²) < 4.78 is 58.5. The van der Waals surface area contributed by atoms with Gasteiger partial charge in [0.15, 0.2) is 11.6 Å². The maximum atomic E-state index is 14.6. The van der Waals surface area contributed by atoms with E-state index in [4.69, 9.17) is 0 Å². The van der Waals surface area contributed by atoms with Gasteiger partial charge in [0.2, 0.25) is 0 Å². The number of aliphatic hydroxyl groups is 1. The van der Waals surface area contributed by atoms with Gasteiger partial charge in [0.1, 0.15) is 35.6 Å². The van der Waals surface area contributed by atoms with Gasteiger partial charge in [0.25, 0.3) is 0 Å². The van der Waals surface area contributed by atoms with E-state index >= 15 is 0 Å². The molecule has 2 aromatic carbocycles. The van der Waals surface area contributed by atoms with E-state index in [-0.39, 0.29) is 17.8 Å². The van der Waals surface area contributed by atoms with Gasteiger partial charge in [0, 0.05) is 17.5 Å². The van der Waals surface area contributed by atoms with Crippen LogP contribution in [0.5, 0.6) is 0 Å². The van der Waals surface area contributed by atoms with Gasteiger partial charge in [-0.2, -0.15) is 5.10 Å². The molecule has 31 heavy (non-hydrogen) atoms. The first kappa shape index (κ1) is 20.7. The minimum Gasteiger partial charge on any atom is -0.382 e. The standard InChI is InChI=1S/C20H16F4N6O/c1-12(18-8-30(28-27-18)19-15(22)3-2-4-16(19)23)20(31,9-29-11-25-10-26-29)14-6-5-13(21)7-17(14)24/h2-8,10-12,31H,9H2,1H3/t12-,20+/m0/s1. The van der Waals surface area contributed by atoms with Crippen LogP contribution in [0.1, 0.15) is 24.1 Å². The molecule has 0 unspecified atom stereocenters. The van der Waals surface area contributed by atoms with Crippen LogP contribution in [0.3, 0.4) is 0 Å². The molecule has 0 aliphatic carbocycles. The van der Waals surface area contributed by atoms with Gasteiger partial charge in [-0.1, -0.05) is 24.3 Å². The molecular formula is C20H16F4N6O. The van der Waals surface area contributed by atoms with Crippen molar-refractivity contribution in [2.45, 2.75) is 25.0 Å². The van der Waals surface area contributed by atoms with Gasteiger partial charge >= 0.3 is 0 Å². The minimum absolute atomic E-state index is 0.119. The first-order valence-corrected chi connectivity index (χ1v) is 9.16. The van der Waals surface area contributed by atoms with Crippen LogP contribution in [0, 0.1) is 23.3 Å². The first-order valence-electron chi connectivity index (χ1n) is 9.16. The molecule has 0 saturated carbocycles. The van der Waals surface area contributed by atoms with E-state index in [9.17, 15) is 22.7 Å². The number of benzene rings is 2. The Bertz CT molecular complexity index is 1190. The highest BCUT2D eigenvalue weighted by Crippen LogP contribution is 2.39. The molecule has 0 amide bonds. The second-order valence-corrected chi connectivity index (χ2v) is 7.02. The normalized spacial score (nSPS) is 14.4. The average Bonchev–Trinajstić information content (AvgIpc) is 3.39. The van der Waals surface area contributed by atoms with Crippen molar-refractivity contribution in [2.75, 3.05) is 0 Å². The Kier molecular flexibility index (Phi) is 5.27. The molecule has 0 fully saturated rings. The third kappa shape index (κ3) is 3.79. The van der Waals surface area contributed by atoms with Crippen molar-refractivity contribution in [1.29, 1.82) is 0 Å². The van der Waals surface area contributed by atoms with E-state index < -0.39 is 40.5 Å². The number of halogens is 4. The highest BCUT2D eigenvalue weighted by Gasteiger charge is 2.41. The number of para-hydroxylation sites is 1. The Morgan fingerprint density at radius 1 is 1.06 bits per heavy atom. The van der Waals surface area contributed by atoms with Gasteiger partial charge in [-0.3, -0.25) is 0 Å². The Balaban J connectivity index is 1.78. The van der Waals surface area contributed by atoms with E-state index in [1.165, 1.54) is 36.5 Å². The number of aromatic nitrogens is 6. The molecule has 4 aromatic rings. The summed E-state index contributed by atoms with van der Waals surface area (Å²) in [6.45, 7) is 1.28. The topological polar surface area (TPSA) is 81.6 Å². The predicted octanol–water partition coefficient (Wildman–Crippen LogP) is 3.11. The van der Waals surface area contributed by atoms with Crippen LogP contribution in [0.25, 0.3) is 5.69 Å². The quantitative estimate of drug-likeness (QED) is 0.474. The van der Waals surface area contributed by atoms with Gasteiger partial charge in [0.05, 0.1) is 18.4 Å². The van der Waals surface area contributed by atoms with E-state index in [0.29, 0.717) is 6.07 Å². The Hall–Kier alpha value is -3.60. The molecule has 2 heterocycles. The number of hydrogen-bond acceptors (Lipinski definition) is 5. The van der Waals surface area contributed by atoms with Crippen LogP contribution < -0.4 is 0 Å². The largest absolute Gasteiger partial charge is 0.382 e. The molecule has 0 bridgehead atoms. The summed E-state index contributed by atoms with van der Waals surface area (Å²) >= 11 is 0. The Labute approximate surface area is 173 Å². The second kappa shape index (κ2) is 7.91. The van der Waals surface area contributed by atoms with Crippen molar-refractivity contribution in [3.05, 3.63) is 89.8 Å². The smallest absolute Gasteiger partial charge is 0.151 e. The van der Waals surface area contributed by atoms with Crippen molar-refractivity contribution in [3.63, 3.8) is 0 Å². The molecule has 0 radical (unpaired) electrons. The third-order valence-corrected chi connectivity index (χ3v) is 5.10. The van der Waals surface area contributed by atoms with Gasteiger partial charge < -0.3 is 5.11 Å². The second-order valence-electron chi connectivity index (χ2n) is 7.02. The van der Waals surface area contributed by atoms with Crippen LogP contribution in [-0.2, 0) is 12.1 Å². The van der Waals surface area contributed by atoms with Crippen LogP contribution in [0.15, 0.2) is 55.2 Å². The third-order valence-electron chi connectivity index (χ3n) is 5.10. The van der Waals surface area contributed by atoms with Gasteiger partial charge in [-0.15, -0.1) is 5.10 Å². The highest BCUT2D eigenvalue weighted by atomic mass is 19.1. The van der Waals surface area contributed by atoms with Gasteiger partial charge in [-0.05, 0) is 18.2 Å². The summed E-state index contributed by atoms with van der Waals surface area (Å²) in [4.78, 5) is 3.80. The van der Waals surface area contributed by atoms with E-state index in [1.807, 2.05) is 0 Å². The molecule has 2 atom stereocenters. The van der Waals surface area contributed by atoms with E-state index in [0.717, 1.165) is 28.9 Å².